The van der Waals surface area contributed by atoms with Gasteiger partial charge in [-0.2, -0.15) is 0 Å². The first kappa shape index (κ1) is 14.1. The average Bonchev–Trinajstić information content (AvgIpc) is 2.51. The SMILES string of the molecule is CC(=O)c1cc2ccc1CCCCc1ccc(cc1)CC2. The topological polar surface area (TPSA) is 17.1 Å². The normalized spacial score (nSPS) is 14.9. The molecule has 4 bridgehead atoms. The fraction of sp³-hybridized carbons (Fsp3) is 0.350. The highest BCUT2D eigenvalue weighted by Gasteiger charge is 2.09. The zero-order valence-corrected chi connectivity index (χ0v) is 12.7. The Morgan fingerprint density at radius 3 is 2.05 bits per heavy atom. The maximum atomic E-state index is 11.9. The van der Waals surface area contributed by atoms with E-state index in [4.69, 9.17) is 0 Å². The summed E-state index contributed by atoms with van der Waals surface area (Å²) in [7, 11) is 0. The molecule has 108 valence electrons. The van der Waals surface area contributed by atoms with Gasteiger partial charge in [0.2, 0.25) is 0 Å². The highest BCUT2D eigenvalue weighted by Crippen LogP contribution is 2.19. The van der Waals surface area contributed by atoms with Crippen molar-refractivity contribution in [3.8, 4) is 0 Å². The molecule has 1 heteroatoms. The number of hydrogen-bond acceptors (Lipinski definition) is 1. The van der Waals surface area contributed by atoms with Gasteiger partial charge >= 0.3 is 0 Å². The first-order valence-electron chi connectivity index (χ1n) is 7.93. The highest BCUT2D eigenvalue weighted by molar-refractivity contribution is 5.95. The van der Waals surface area contributed by atoms with Crippen LogP contribution < -0.4 is 0 Å². The van der Waals surface area contributed by atoms with Gasteiger partial charge in [-0.3, -0.25) is 4.79 Å². The van der Waals surface area contributed by atoms with E-state index in [1.54, 1.807) is 6.92 Å². The molecule has 2 aromatic rings. The van der Waals surface area contributed by atoms with E-state index < -0.39 is 0 Å². The standard InChI is InChI=1S/C20H22O/c1-15(21)20-14-18-11-10-17-8-6-16(7-9-17)4-2-3-5-19(20)13-12-18/h6-9,12-14H,2-5,10-11H2,1H3. The Kier molecular flexibility index (Phi) is 4.19. The van der Waals surface area contributed by atoms with Gasteiger partial charge in [0.15, 0.2) is 5.78 Å². The first-order valence-corrected chi connectivity index (χ1v) is 7.93. The van der Waals surface area contributed by atoms with E-state index in [0.717, 1.165) is 37.7 Å². The summed E-state index contributed by atoms with van der Waals surface area (Å²) in [6.07, 6.45) is 6.50. The van der Waals surface area contributed by atoms with Gasteiger partial charge in [0.25, 0.3) is 0 Å². The summed E-state index contributed by atoms with van der Waals surface area (Å²) in [5.41, 5.74) is 6.22. The van der Waals surface area contributed by atoms with Crippen molar-refractivity contribution in [2.24, 2.45) is 0 Å². The molecule has 6 rings (SSSR count). The van der Waals surface area contributed by atoms with Gasteiger partial charge in [-0.1, -0.05) is 36.4 Å². The second-order valence-corrected chi connectivity index (χ2v) is 6.07. The Hall–Kier alpha value is -1.89. The van der Waals surface area contributed by atoms with E-state index in [2.05, 4.69) is 42.5 Å². The molecule has 0 fully saturated rings. The molecular formula is C20H22O. The van der Waals surface area contributed by atoms with Crippen molar-refractivity contribution < 1.29 is 4.79 Å². The Balaban J connectivity index is 1.93. The molecule has 0 aliphatic heterocycles. The van der Waals surface area contributed by atoms with E-state index in [9.17, 15) is 4.79 Å². The van der Waals surface area contributed by atoms with E-state index in [-0.39, 0.29) is 5.78 Å². The lowest BCUT2D eigenvalue weighted by Crippen LogP contribution is -2.03. The van der Waals surface area contributed by atoms with Crippen LogP contribution >= 0.6 is 0 Å². The second-order valence-electron chi connectivity index (χ2n) is 6.07. The largest absolute Gasteiger partial charge is 0.295 e. The quantitative estimate of drug-likeness (QED) is 0.699. The number of hydrogen-bond donors (Lipinski definition) is 0. The monoisotopic (exact) mass is 278 g/mol. The van der Waals surface area contributed by atoms with Crippen LogP contribution in [-0.2, 0) is 25.7 Å². The van der Waals surface area contributed by atoms with Crippen molar-refractivity contribution in [2.45, 2.75) is 45.4 Å². The molecule has 0 radical (unpaired) electrons. The Morgan fingerprint density at radius 2 is 1.33 bits per heavy atom. The predicted octanol–water partition coefficient (Wildman–Crippen LogP) is 4.55. The first-order chi connectivity index (χ1) is 10.2. The lowest BCUT2D eigenvalue weighted by atomic mass is 9.93. The number of carbonyl (C=O) groups excluding carboxylic acids is 1. The lowest BCUT2D eigenvalue weighted by Gasteiger charge is -2.12. The number of benzene rings is 2. The van der Waals surface area contributed by atoms with E-state index in [1.165, 1.54) is 28.7 Å². The number of aryl methyl sites for hydroxylation is 4. The number of carbonyl (C=O) groups is 1. The van der Waals surface area contributed by atoms with Gasteiger partial charge in [-0.15, -0.1) is 0 Å². The van der Waals surface area contributed by atoms with Crippen LogP contribution in [0.2, 0.25) is 0 Å². The van der Waals surface area contributed by atoms with E-state index in [0.29, 0.717) is 0 Å². The Morgan fingerprint density at radius 1 is 0.762 bits per heavy atom. The summed E-state index contributed by atoms with van der Waals surface area (Å²) in [6.45, 7) is 1.68. The third kappa shape index (κ3) is 3.41. The molecule has 0 amide bonds. The van der Waals surface area contributed by atoms with Crippen molar-refractivity contribution in [3.05, 3.63) is 70.3 Å². The molecule has 4 aliphatic carbocycles. The summed E-state index contributed by atoms with van der Waals surface area (Å²) in [4.78, 5) is 11.9. The molecule has 0 saturated heterocycles. The van der Waals surface area contributed by atoms with Crippen molar-refractivity contribution in [1.29, 1.82) is 0 Å². The molecule has 2 aromatic carbocycles. The van der Waals surface area contributed by atoms with E-state index in [1.807, 2.05) is 0 Å². The molecule has 0 spiro atoms. The Labute approximate surface area is 127 Å². The zero-order valence-electron chi connectivity index (χ0n) is 12.7. The maximum Gasteiger partial charge on any atom is 0.160 e. The van der Waals surface area contributed by atoms with Crippen molar-refractivity contribution in [3.63, 3.8) is 0 Å². The van der Waals surface area contributed by atoms with Crippen LogP contribution in [0.5, 0.6) is 0 Å². The van der Waals surface area contributed by atoms with Gasteiger partial charge in [-0.05, 0) is 73.8 Å². The number of ketones is 1. The Bertz CT molecular complexity index is 637. The average molecular weight is 278 g/mol. The van der Waals surface area contributed by atoms with Crippen molar-refractivity contribution >= 4 is 5.78 Å². The van der Waals surface area contributed by atoms with Crippen LogP contribution in [0, 0.1) is 0 Å². The van der Waals surface area contributed by atoms with Gasteiger partial charge in [-0.25, -0.2) is 0 Å². The molecule has 1 nitrogen and oxygen atoms in total. The molecule has 0 saturated carbocycles. The van der Waals surface area contributed by atoms with Crippen LogP contribution in [0.25, 0.3) is 0 Å². The molecule has 0 N–H and O–H groups in total. The van der Waals surface area contributed by atoms with E-state index >= 15 is 0 Å². The summed E-state index contributed by atoms with van der Waals surface area (Å²) in [5.74, 6) is 0.197. The molecule has 0 aromatic heterocycles. The van der Waals surface area contributed by atoms with Crippen LogP contribution in [0.4, 0.5) is 0 Å². The predicted molar refractivity (Wildman–Crippen MR) is 86.9 cm³/mol. The third-order valence-electron chi connectivity index (χ3n) is 4.44. The molecule has 4 aliphatic rings. The smallest absolute Gasteiger partial charge is 0.160 e. The van der Waals surface area contributed by atoms with Crippen LogP contribution in [0.15, 0.2) is 42.5 Å². The molecule has 21 heavy (non-hydrogen) atoms. The third-order valence-corrected chi connectivity index (χ3v) is 4.44. The second kappa shape index (κ2) is 6.26. The van der Waals surface area contributed by atoms with Gasteiger partial charge in [0.1, 0.15) is 0 Å². The lowest BCUT2D eigenvalue weighted by molar-refractivity contribution is 0.101. The zero-order chi connectivity index (χ0) is 14.7. The minimum absolute atomic E-state index is 0.197. The van der Waals surface area contributed by atoms with Crippen LogP contribution in [0.1, 0.15) is 52.4 Å². The fourth-order valence-electron chi connectivity index (χ4n) is 3.13. The molecular weight excluding hydrogens is 256 g/mol. The summed E-state index contributed by atoms with van der Waals surface area (Å²) in [5, 5.41) is 0. The molecule has 0 unspecified atom stereocenters. The highest BCUT2D eigenvalue weighted by atomic mass is 16.1. The number of rotatable bonds is 1. The maximum absolute atomic E-state index is 11.9. The minimum Gasteiger partial charge on any atom is -0.295 e. The van der Waals surface area contributed by atoms with Crippen LogP contribution in [-0.4, -0.2) is 5.78 Å². The van der Waals surface area contributed by atoms with Gasteiger partial charge in [0.05, 0.1) is 0 Å². The summed E-state index contributed by atoms with van der Waals surface area (Å²) < 4.78 is 0. The van der Waals surface area contributed by atoms with Crippen molar-refractivity contribution in [2.75, 3.05) is 0 Å². The molecule has 0 atom stereocenters. The van der Waals surface area contributed by atoms with Gasteiger partial charge in [0, 0.05) is 5.56 Å². The molecule has 0 heterocycles. The van der Waals surface area contributed by atoms with Crippen LogP contribution in [0.3, 0.4) is 0 Å². The number of Topliss-reactive ketones (excluding diaryl/α,β-unsaturated/α-hetero) is 1. The summed E-state index contributed by atoms with van der Waals surface area (Å²) in [6, 6.07) is 15.5. The summed E-state index contributed by atoms with van der Waals surface area (Å²) >= 11 is 0. The minimum atomic E-state index is 0.197. The van der Waals surface area contributed by atoms with Crippen molar-refractivity contribution in [1.82, 2.24) is 0 Å². The van der Waals surface area contributed by atoms with Gasteiger partial charge < -0.3 is 0 Å². The fourth-order valence-corrected chi connectivity index (χ4v) is 3.13.